The van der Waals surface area contributed by atoms with Crippen LogP contribution in [0.3, 0.4) is 0 Å². The highest BCUT2D eigenvalue weighted by atomic mass is 31.3. The van der Waals surface area contributed by atoms with Gasteiger partial charge in [-0.25, -0.2) is 13.9 Å². The number of phosphoric ester groups is 2. The molecule has 0 aliphatic carbocycles. The lowest BCUT2D eigenvalue weighted by atomic mass is 10.0. The summed E-state index contributed by atoms with van der Waals surface area (Å²) in [5.74, 6) is 0. The van der Waals surface area contributed by atoms with E-state index in [1.165, 1.54) is 13.1 Å². The minimum atomic E-state index is -5.29. The van der Waals surface area contributed by atoms with Crippen molar-refractivity contribution in [2.24, 2.45) is 5.73 Å². The SMILES string of the molecule is Cc1cn([C@H]2C[C@@H](O)[C@@H](COP(=O)(O)OP(=O)(O)O[C@@H]3OC(C)C[C@H](N)C3O)O2)c(=O)[nH]c1=O. The fourth-order valence-electron chi connectivity index (χ4n) is 3.48. The Kier molecular flexibility index (Phi) is 8.35. The van der Waals surface area contributed by atoms with E-state index in [4.69, 9.17) is 15.2 Å². The zero-order chi connectivity index (χ0) is 25.4. The molecule has 3 rings (SSSR count). The van der Waals surface area contributed by atoms with Crippen LogP contribution in [0.25, 0.3) is 0 Å². The first-order valence-corrected chi connectivity index (χ1v) is 13.1. The summed E-state index contributed by atoms with van der Waals surface area (Å²) in [6, 6.07) is -0.835. The normalized spacial score (nSPS) is 35.6. The van der Waals surface area contributed by atoms with Crippen LogP contribution in [0, 0.1) is 6.92 Å². The van der Waals surface area contributed by atoms with Crippen LogP contribution >= 0.6 is 15.6 Å². The summed E-state index contributed by atoms with van der Waals surface area (Å²) in [7, 11) is -10.5. The molecule has 0 radical (unpaired) electrons. The predicted molar refractivity (Wildman–Crippen MR) is 111 cm³/mol. The van der Waals surface area contributed by atoms with Gasteiger partial charge in [-0.15, -0.1) is 0 Å². The van der Waals surface area contributed by atoms with E-state index in [-0.39, 0.29) is 18.4 Å². The summed E-state index contributed by atoms with van der Waals surface area (Å²) < 4.78 is 49.5. The highest BCUT2D eigenvalue weighted by Crippen LogP contribution is 2.61. The molecule has 16 nitrogen and oxygen atoms in total. The van der Waals surface area contributed by atoms with E-state index in [9.17, 15) is 38.7 Å². The highest BCUT2D eigenvalue weighted by molar-refractivity contribution is 7.61. The van der Waals surface area contributed by atoms with Gasteiger partial charge in [-0.3, -0.25) is 23.4 Å². The van der Waals surface area contributed by atoms with Gasteiger partial charge in [-0.1, -0.05) is 0 Å². The smallest absolute Gasteiger partial charge is 0.390 e. The van der Waals surface area contributed by atoms with Gasteiger partial charge in [0.1, 0.15) is 18.4 Å². The van der Waals surface area contributed by atoms with E-state index >= 15 is 0 Å². The third-order valence-electron chi connectivity index (χ3n) is 5.19. The molecule has 2 aliphatic heterocycles. The summed E-state index contributed by atoms with van der Waals surface area (Å²) in [5.41, 5.74) is 4.53. The van der Waals surface area contributed by atoms with Crippen molar-refractivity contribution in [3.8, 4) is 0 Å². The first-order valence-electron chi connectivity index (χ1n) is 10.1. The Balaban J connectivity index is 1.58. The largest absolute Gasteiger partial charge is 0.483 e. The van der Waals surface area contributed by atoms with Crippen molar-refractivity contribution in [1.82, 2.24) is 9.55 Å². The van der Waals surface area contributed by atoms with Gasteiger partial charge < -0.3 is 35.2 Å². The Morgan fingerprint density at radius 1 is 1.21 bits per heavy atom. The molecule has 0 bridgehead atoms. The van der Waals surface area contributed by atoms with Crippen LogP contribution < -0.4 is 17.0 Å². The minimum Gasteiger partial charge on any atom is -0.390 e. The second kappa shape index (κ2) is 10.4. The summed E-state index contributed by atoms with van der Waals surface area (Å²) in [4.78, 5) is 45.2. The van der Waals surface area contributed by atoms with E-state index in [2.05, 4.69) is 18.3 Å². The topological polar surface area (TPSA) is 242 Å². The number of nitrogens with two attached hydrogens (primary N) is 1. The van der Waals surface area contributed by atoms with E-state index in [0.29, 0.717) is 0 Å². The number of hydrogen-bond donors (Lipinski definition) is 6. The van der Waals surface area contributed by atoms with Gasteiger partial charge in [0.05, 0.1) is 18.8 Å². The van der Waals surface area contributed by atoms with Gasteiger partial charge in [0.2, 0.25) is 0 Å². The number of ether oxygens (including phenoxy) is 2. The molecule has 1 aromatic heterocycles. The van der Waals surface area contributed by atoms with Gasteiger partial charge >= 0.3 is 21.3 Å². The number of rotatable bonds is 8. The molecule has 9 atom stereocenters. The number of H-pyrrole nitrogens is 1. The Morgan fingerprint density at radius 3 is 2.56 bits per heavy atom. The molecule has 18 heteroatoms. The van der Waals surface area contributed by atoms with Gasteiger partial charge in [-0.2, -0.15) is 4.31 Å². The van der Waals surface area contributed by atoms with E-state index < -0.39 is 76.5 Å². The molecule has 0 saturated carbocycles. The first kappa shape index (κ1) is 27.3. The predicted octanol–water partition coefficient (Wildman–Crippen LogP) is -1.43. The number of phosphoric acid groups is 2. The second-order valence-corrected chi connectivity index (χ2v) is 11.0. The van der Waals surface area contributed by atoms with Crippen molar-refractivity contribution < 1.29 is 52.0 Å². The number of aliphatic hydroxyl groups is 2. The standard InChI is InChI=1S/C16H27N3O13P2/c1-7-5-19(16(23)18-14(7)22)12-4-10(20)11(30-12)6-28-33(24,25)32-34(26,27)31-15-13(21)9(17)3-8(2)29-15/h5,8-13,15,20-21H,3-4,6,17H2,1-2H3,(H,24,25)(H,26,27)(H,18,22,23)/t8?,9-,10+,11+,12+,13?,15-/m0/s1. The monoisotopic (exact) mass is 531 g/mol. The zero-order valence-electron chi connectivity index (χ0n) is 18.1. The Morgan fingerprint density at radius 2 is 1.88 bits per heavy atom. The van der Waals surface area contributed by atoms with Crippen molar-refractivity contribution in [2.45, 2.75) is 69.7 Å². The summed E-state index contributed by atoms with van der Waals surface area (Å²) in [5, 5.41) is 20.1. The molecule has 2 fully saturated rings. The molecule has 0 spiro atoms. The van der Waals surface area contributed by atoms with Crippen LogP contribution in [0.5, 0.6) is 0 Å². The number of aryl methyl sites for hydroxylation is 1. The second-order valence-electron chi connectivity index (χ2n) is 8.04. The van der Waals surface area contributed by atoms with Crippen LogP contribution in [-0.2, 0) is 32.0 Å². The average Bonchev–Trinajstić information content (AvgIpc) is 3.06. The number of nitrogens with one attached hydrogen (secondary N) is 1. The third kappa shape index (κ3) is 6.69. The van der Waals surface area contributed by atoms with Crippen molar-refractivity contribution in [3.63, 3.8) is 0 Å². The van der Waals surface area contributed by atoms with Crippen LogP contribution in [-0.4, -0.2) is 72.9 Å². The molecule has 194 valence electrons. The lowest BCUT2D eigenvalue weighted by Gasteiger charge is -2.36. The van der Waals surface area contributed by atoms with Crippen LogP contribution in [0.2, 0.25) is 0 Å². The van der Waals surface area contributed by atoms with Crippen LogP contribution in [0.1, 0.15) is 31.6 Å². The Hall–Kier alpha value is -1.26. The first-order chi connectivity index (χ1) is 15.7. The molecule has 2 saturated heterocycles. The average molecular weight is 531 g/mol. The Bertz CT molecular complexity index is 1090. The number of nitrogens with zero attached hydrogens (tertiary/aromatic N) is 1. The summed E-state index contributed by atoms with van der Waals surface area (Å²) in [6.45, 7) is 2.27. The number of aromatic amines is 1. The van der Waals surface area contributed by atoms with Crippen molar-refractivity contribution >= 4 is 15.6 Å². The molecule has 0 aromatic carbocycles. The van der Waals surface area contributed by atoms with Crippen molar-refractivity contribution in [2.75, 3.05) is 6.61 Å². The van der Waals surface area contributed by atoms with E-state index in [1.54, 1.807) is 6.92 Å². The fourth-order valence-corrected chi connectivity index (χ4v) is 5.64. The third-order valence-corrected chi connectivity index (χ3v) is 7.79. The molecule has 3 heterocycles. The van der Waals surface area contributed by atoms with Gasteiger partial charge in [-0.05, 0) is 20.3 Å². The maximum atomic E-state index is 12.2. The van der Waals surface area contributed by atoms with Gasteiger partial charge in [0.25, 0.3) is 5.56 Å². The molecule has 4 unspecified atom stereocenters. The van der Waals surface area contributed by atoms with Gasteiger partial charge in [0.15, 0.2) is 6.29 Å². The molecule has 34 heavy (non-hydrogen) atoms. The zero-order valence-corrected chi connectivity index (χ0v) is 19.9. The maximum Gasteiger partial charge on any atom is 0.483 e. The molecular formula is C16H27N3O13P2. The van der Waals surface area contributed by atoms with E-state index in [1.807, 2.05) is 0 Å². The number of aliphatic hydroxyl groups excluding tert-OH is 2. The lowest BCUT2D eigenvalue weighted by molar-refractivity contribution is -0.208. The molecule has 2 aliphatic rings. The molecular weight excluding hydrogens is 504 g/mol. The quantitative estimate of drug-likeness (QED) is 0.211. The number of hydrogen-bond acceptors (Lipinski definition) is 12. The van der Waals surface area contributed by atoms with Crippen LogP contribution in [0.4, 0.5) is 0 Å². The lowest BCUT2D eigenvalue weighted by Crippen LogP contribution is -2.52. The Labute approximate surface area is 192 Å². The van der Waals surface area contributed by atoms with Crippen molar-refractivity contribution in [1.29, 1.82) is 0 Å². The summed E-state index contributed by atoms with van der Waals surface area (Å²) in [6.07, 6.45) is -5.88. The fraction of sp³-hybridized carbons (Fsp3) is 0.750. The highest BCUT2D eigenvalue weighted by Gasteiger charge is 2.44. The molecule has 0 amide bonds. The summed E-state index contributed by atoms with van der Waals surface area (Å²) >= 11 is 0. The van der Waals surface area contributed by atoms with Crippen molar-refractivity contribution in [3.05, 3.63) is 32.6 Å². The minimum absolute atomic E-state index is 0.118. The number of aromatic nitrogens is 2. The van der Waals surface area contributed by atoms with Gasteiger partial charge in [0, 0.05) is 24.2 Å². The van der Waals surface area contributed by atoms with Crippen LogP contribution in [0.15, 0.2) is 15.8 Å². The molecule has 7 N–H and O–H groups in total. The molecule has 1 aromatic rings. The van der Waals surface area contributed by atoms with E-state index in [0.717, 1.165) is 4.57 Å². The maximum absolute atomic E-state index is 12.2.